The topological polar surface area (TPSA) is 202 Å². The Hall–Kier alpha value is -4.68. The third-order valence-corrected chi connectivity index (χ3v) is 6.73. The molecule has 210 valence electrons. The molecule has 0 spiro atoms. The molecule has 9 N–H and O–H groups in total. The Bertz CT molecular complexity index is 1530. The van der Waals surface area contributed by atoms with Gasteiger partial charge < -0.3 is 41.9 Å². The van der Waals surface area contributed by atoms with Crippen molar-refractivity contribution in [2.24, 2.45) is 5.73 Å². The van der Waals surface area contributed by atoms with Crippen molar-refractivity contribution >= 4 is 45.5 Å². The van der Waals surface area contributed by atoms with Gasteiger partial charge in [0.15, 0.2) is 0 Å². The van der Waals surface area contributed by atoms with Gasteiger partial charge in [-0.1, -0.05) is 36.4 Å². The average molecular weight is 549 g/mol. The molecule has 0 aliphatic rings. The molecule has 4 unspecified atom stereocenters. The SMILES string of the molecule is CC(NC(=O)C(N)CO)C(=O)NC(Cc1c[nH]c2ccccc12)C(=O)NC(Cc1c[nH]c2ccccc12)C(=O)O. The molecule has 0 aliphatic heterocycles. The van der Waals surface area contributed by atoms with Crippen molar-refractivity contribution in [3.8, 4) is 0 Å². The zero-order chi connectivity index (χ0) is 28.8. The van der Waals surface area contributed by atoms with E-state index in [0.29, 0.717) is 0 Å². The van der Waals surface area contributed by atoms with E-state index < -0.39 is 54.5 Å². The van der Waals surface area contributed by atoms with E-state index in [9.17, 15) is 24.3 Å². The van der Waals surface area contributed by atoms with Gasteiger partial charge in [-0.2, -0.15) is 0 Å². The van der Waals surface area contributed by atoms with Crippen LogP contribution in [0.15, 0.2) is 60.9 Å². The maximum Gasteiger partial charge on any atom is 0.326 e. The first kappa shape index (κ1) is 28.3. The standard InChI is InChI=1S/C28H32N6O6/c1-15(32-26(37)20(29)14-35)25(36)33-23(10-16-12-30-21-8-4-2-6-18(16)21)27(38)34-24(28(39)40)11-17-13-31-22-9-5-3-7-19(17)22/h2-9,12-13,15,20,23-24,30-31,35H,10-11,14,29H2,1H3,(H,32,37)(H,33,36)(H,34,38)(H,39,40). The molecule has 0 aliphatic carbocycles. The zero-order valence-corrected chi connectivity index (χ0v) is 21.8. The molecular formula is C28H32N6O6. The van der Waals surface area contributed by atoms with Crippen LogP contribution in [-0.4, -0.2) is 74.6 Å². The second kappa shape index (κ2) is 12.5. The van der Waals surface area contributed by atoms with Crippen molar-refractivity contribution in [3.05, 3.63) is 72.1 Å². The van der Waals surface area contributed by atoms with Crippen LogP contribution in [0.5, 0.6) is 0 Å². The minimum absolute atomic E-state index is 0.0182. The van der Waals surface area contributed by atoms with Crippen molar-refractivity contribution in [2.75, 3.05) is 6.61 Å². The zero-order valence-electron chi connectivity index (χ0n) is 21.8. The predicted octanol–water partition coefficient (Wildman–Crippen LogP) is 0.313. The van der Waals surface area contributed by atoms with Crippen LogP contribution in [0, 0.1) is 0 Å². The lowest BCUT2D eigenvalue weighted by atomic mass is 10.0. The Morgan fingerprint density at radius 3 is 1.80 bits per heavy atom. The van der Waals surface area contributed by atoms with Gasteiger partial charge in [0.2, 0.25) is 17.7 Å². The lowest BCUT2D eigenvalue weighted by molar-refractivity contribution is -0.142. The molecule has 4 rings (SSSR count). The molecule has 0 saturated carbocycles. The Balaban J connectivity index is 1.55. The van der Waals surface area contributed by atoms with Gasteiger partial charge in [-0.3, -0.25) is 14.4 Å². The molecular weight excluding hydrogens is 516 g/mol. The van der Waals surface area contributed by atoms with Gasteiger partial charge in [-0.15, -0.1) is 0 Å². The summed E-state index contributed by atoms with van der Waals surface area (Å²) in [5.41, 5.74) is 8.65. The Kier molecular flexibility index (Phi) is 8.82. The Labute approximate surface area is 229 Å². The Morgan fingerprint density at radius 2 is 1.27 bits per heavy atom. The van der Waals surface area contributed by atoms with E-state index in [4.69, 9.17) is 10.8 Å². The van der Waals surface area contributed by atoms with Crippen LogP contribution in [0.4, 0.5) is 0 Å². The average Bonchev–Trinajstić information content (AvgIpc) is 3.55. The number of carboxylic acid groups (broad SMARTS) is 1. The largest absolute Gasteiger partial charge is 0.480 e. The fourth-order valence-corrected chi connectivity index (χ4v) is 4.49. The van der Waals surface area contributed by atoms with Crippen LogP contribution in [0.2, 0.25) is 0 Å². The van der Waals surface area contributed by atoms with Crippen molar-refractivity contribution in [1.82, 2.24) is 25.9 Å². The van der Waals surface area contributed by atoms with E-state index in [0.717, 1.165) is 32.9 Å². The number of aromatic nitrogens is 2. The fourth-order valence-electron chi connectivity index (χ4n) is 4.49. The summed E-state index contributed by atoms with van der Waals surface area (Å²) >= 11 is 0. The van der Waals surface area contributed by atoms with Crippen molar-refractivity contribution in [2.45, 2.75) is 43.9 Å². The molecule has 3 amide bonds. The maximum atomic E-state index is 13.5. The van der Waals surface area contributed by atoms with Gasteiger partial charge in [0.1, 0.15) is 24.2 Å². The molecule has 2 aromatic carbocycles. The second-order valence-corrected chi connectivity index (χ2v) is 9.61. The molecule has 4 aromatic rings. The monoisotopic (exact) mass is 548 g/mol. The number of nitrogens with one attached hydrogen (secondary N) is 5. The molecule has 12 nitrogen and oxygen atoms in total. The van der Waals surface area contributed by atoms with E-state index in [2.05, 4.69) is 25.9 Å². The van der Waals surface area contributed by atoms with Crippen molar-refractivity contribution < 1.29 is 29.4 Å². The quantitative estimate of drug-likeness (QED) is 0.124. The van der Waals surface area contributed by atoms with Crippen molar-refractivity contribution in [1.29, 1.82) is 0 Å². The predicted molar refractivity (Wildman–Crippen MR) is 148 cm³/mol. The number of aliphatic carboxylic acids is 1. The van der Waals surface area contributed by atoms with Crippen LogP contribution in [0.25, 0.3) is 21.8 Å². The molecule has 0 fully saturated rings. The van der Waals surface area contributed by atoms with Gasteiger partial charge in [0.25, 0.3) is 0 Å². The second-order valence-electron chi connectivity index (χ2n) is 9.61. The number of fused-ring (bicyclic) bond motifs is 2. The number of carbonyl (C=O) groups is 4. The fraction of sp³-hybridized carbons (Fsp3) is 0.286. The van der Waals surface area contributed by atoms with Crippen LogP contribution in [0.3, 0.4) is 0 Å². The molecule has 0 bridgehead atoms. The number of para-hydroxylation sites is 2. The van der Waals surface area contributed by atoms with Crippen LogP contribution >= 0.6 is 0 Å². The van der Waals surface area contributed by atoms with Crippen LogP contribution in [0.1, 0.15) is 18.1 Å². The normalized spacial score (nSPS) is 14.3. The highest BCUT2D eigenvalue weighted by Gasteiger charge is 2.30. The number of amides is 3. The van der Waals surface area contributed by atoms with Gasteiger partial charge in [0.05, 0.1) is 6.61 Å². The summed E-state index contributed by atoms with van der Waals surface area (Å²) in [6, 6.07) is 10.2. The maximum absolute atomic E-state index is 13.5. The number of aliphatic hydroxyl groups excluding tert-OH is 1. The number of hydrogen-bond acceptors (Lipinski definition) is 6. The molecule has 4 atom stereocenters. The third kappa shape index (κ3) is 6.47. The van der Waals surface area contributed by atoms with E-state index in [1.54, 1.807) is 12.4 Å². The molecule has 2 aromatic heterocycles. The summed E-state index contributed by atoms with van der Waals surface area (Å²) in [4.78, 5) is 56.9. The summed E-state index contributed by atoms with van der Waals surface area (Å²) in [5.74, 6) is -3.33. The number of carboxylic acids is 1. The number of benzene rings is 2. The first-order valence-electron chi connectivity index (χ1n) is 12.8. The first-order chi connectivity index (χ1) is 19.2. The van der Waals surface area contributed by atoms with Crippen LogP contribution < -0.4 is 21.7 Å². The van der Waals surface area contributed by atoms with E-state index in [-0.39, 0.29) is 12.8 Å². The summed E-state index contributed by atoms with van der Waals surface area (Å²) < 4.78 is 0. The number of nitrogens with two attached hydrogens (primary N) is 1. The van der Waals surface area contributed by atoms with Gasteiger partial charge >= 0.3 is 5.97 Å². The molecule has 0 saturated heterocycles. The number of carbonyl (C=O) groups excluding carboxylic acids is 3. The summed E-state index contributed by atoms with van der Waals surface area (Å²) in [6.45, 7) is 0.813. The molecule has 40 heavy (non-hydrogen) atoms. The minimum Gasteiger partial charge on any atom is -0.480 e. The number of H-pyrrole nitrogens is 2. The molecule has 12 heteroatoms. The number of rotatable bonds is 12. The van der Waals surface area contributed by atoms with E-state index in [1.165, 1.54) is 6.92 Å². The van der Waals surface area contributed by atoms with Crippen LogP contribution in [-0.2, 0) is 32.0 Å². The Morgan fingerprint density at radius 1 is 0.775 bits per heavy atom. The summed E-state index contributed by atoms with van der Waals surface area (Å²) in [5, 5.41) is 28.3. The highest BCUT2D eigenvalue weighted by atomic mass is 16.4. The highest BCUT2D eigenvalue weighted by Crippen LogP contribution is 2.21. The highest BCUT2D eigenvalue weighted by molar-refractivity contribution is 5.95. The van der Waals surface area contributed by atoms with Gasteiger partial charge in [0, 0.05) is 47.0 Å². The first-order valence-corrected chi connectivity index (χ1v) is 12.8. The minimum atomic E-state index is -1.27. The lowest BCUT2D eigenvalue weighted by Gasteiger charge is -2.23. The van der Waals surface area contributed by atoms with E-state index >= 15 is 0 Å². The van der Waals surface area contributed by atoms with Gasteiger partial charge in [-0.25, -0.2) is 4.79 Å². The van der Waals surface area contributed by atoms with E-state index in [1.807, 2.05) is 48.5 Å². The number of hydrogen-bond donors (Lipinski definition) is 8. The third-order valence-electron chi connectivity index (χ3n) is 6.73. The lowest BCUT2D eigenvalue weighted by Crippen LogP contribution is -2.57. The summed E-state index contributed by atoms with van der Waals surface area (Å²) in [6.07, 6.45) is 3.50. The van der Waals surface area contributed by atoms with Crippen molar-refractivity contribution in [3.63, 3.8) is 0 Å². The molecule has 0 radical (unpaired) electrons. The van der Waals surface area contributed by atoms with Gasteiger partial charge in [-0.05, 0) is 30.2 Å². The number of aliphatic hydroxyl groups is 1. The summed E-state index contributed by atoms with van der Waals surface area (Å²) in [7, 11) is 0. The number of aromatic amines is 2. The smallest absolute Gasteiger partial charge is 0.326 e. The molecule has 2 heterocycles.